The summed E-state index contributed by atoms with van der Waals surface area (Å²) in [5.74, 6) is 0.560. The number of rotatable bonds is 9. The van der Waals surface area contributed by atoms with E-state index < -0.39 is 0 Å². The summed E-state index contributed by atoms with van der Waals surface area (Å²) < 4.78 is 25.0. The largest absolute Gasteiger partial charge is 0.493 e. The van der Waals surface area contributed by atoms with Crippen molar-refractivity contribution in [2.24, 2.45) is 0 Å². The molecule has 0 aliphatic carbocycles. The molecule has 0 saturated heterocycles. The van der Waals surface area contributed by atoms with Gasteiger partial charge in [-0.15, -0.1) is 12.4 Å². The molecule has 3 nitrogen and oxygen atoms in total. The number of nitrogens with one attached hydrogen (secondary N) is 1. The van der Waals surface area contributed by atoms with Gasteiger partial charge >= 0.3 is 0 Å². The second kappa shape index (κ2) is 12.4. The van der Waals surface area contributed by atoms with Gasteiger partial charge in [-0.25, -0.2) is 4.39 Å². The average molecular weight is 505 g/mol. The SMILES string of the molecule is COc1cc(CNCCc2ccc(Cl)cc2Cl)cc(Cl)c1OCc1ccccc1F.Cl. The van der Waals surface area contributed by atoms with Crippen molar-refractivity contribution in [2.45, 2.75) is 19.6 Å². The van der Waals surface area contributed by atoms with Crippen LogP contribution in [0.15, 0.2) is 54.6 Å². The van der Waals surface area contributed by atoms with Crippen LogP contribution in [0.5, 0.6) is 11.5 Å². The van der Waals surface area contributed by atoms with Gasteiger partial charge in [-0.1, -0.05) is 59.1 Å². The Hall–Kier alpha value is -1.69. The second-order valence-corrected chi connectivity index (χ2v) is 7.90. The highest BCUT2D eigenvalue weighted by Crippen LogP contribution is 2.37. The summed E-state index contributed by atoms with van der Waals surface area (Å²) in [6.07, 6.45) is 0.769. The molecule has 1 N–H and O–H groups in total. The molecule has 0 radical (unpaired) electrons. The van der Waals surface area contributed by atoms with E-state index in [0.29, 0.717) is 38.7 Å². The number of methoxy groups -OCH3 is 1. The summed E-state index contributed by atoms with van der Waals surface area (Å²) in [6, 6.07) is 15.6. The molecule has 8 heteroatoms. The normalized spacial score (nSPS) is 10.5. The van der Waals surface area contributed by atoms with Gasteiger partial charge in [-0.05, 0) is 54.4 Å². The Labute approximate surface area is 202 Å². The van der Waals surface area contributed by atoms with Gasteiger partial charge in [-0.2, -0.15) is 0 Å². The highest BCUT2D eigenvalue weighted by Gasteiger charge is 2.13. The molecule has 0 aromatic heterocycles. The van der Waals surface area contributed by atoms with Crippen molar-refractivity contribution in [3.63, 3.8) is 0 Å². The standard InChI is InChI=1S/C23H21Cl3FNO2.ClH/c1-29-22-11-15(13-28-9-8-16-6-7-18(24)12-19(16)25)10-20(26)23(22)30-14-17-4-2-3-5-21(17)27;/h2-7,10-12,28H,8-9,13-14H2,1H3;1H. The third-order valence-electron chi connectivity index (χ3n) is 4.53. The van der Waals surface area contributed by atoms with Crippen molar-refractivity contribution in [3.05, 3.63) is 92.2 Å². The molecule has 0 unspecified atom stereocenters. The van der Waals surface area contributed by atoms with Crippen molar-refractivity contribution in [1.82, 2.24) is 5.32 Å². The van der Waals surface area contributed by atoms with Gasteiger partial charge in [0.05, 0.1) is 12.1 Å². The topological polar surface area (TPSA) is 30.5 Å². The van der Waals surface area contributed by atoms with E-state index in [0.717, 1.165) is 24.1 Å². The molecule has 3 aromatic rings. The fraction of sp³-hybridized carbons (Fsp3) is 0.217. The van der Waals surface area contributed by atoms with Gasteiger partial charge < -0.3 is 14.8 Å². The van der Waals surface area contributed by atoms with Crippen LogP contribution in [-0.4, -0.2) is 13.7 Å². The van der Waals surface area contributed by atoms with Gasteiger partial charge in [0.1, 0.15) is 12.4 Å². The monoisotopic (exact) mass is 503 g/mol. The molecule has 0 aliphatic rings. The molecular formula is C23H22Cl4FNO2. The Bertz CT molecular complexity index is 1020. The predicted octanol–water partition coefficient (Wildman–Crippen LogP) is 7.13. The molecule has 0 aliphatic heterocycles. The lowest BCUT2D eigenvalue weighted by atomic mass is 10.1. The third-order valence-corrected chi connectivity index (χ3v) is 5.40. The minimum atomic E-state index is -0.325. The van der Waals surface area contributed by atoms with Gasteiger partial charge in [0.15, 0.2) is 11.5 Å². The van der Waals surface area contributed by atoms with Crippen LogP contribution in [0, 0.1) is 5.82 Å². The lowest BCUT2D eigenvalue weighted by molar-refractivity contribution is 0.279. The molecule has 0 saturated carbocycles. The zero-order chi connectivity index (χ0) is 21.5. The smallest absolute Gasteiger partial charge is 0.180 e. The molecule has 3 rings (SSSR count). The molecule has 0 atom stereocenters. The van der Waals surface area contributed by atoms with E-state index in [1.54, 1.807) is 31.4 Å². The highest BCUT2D eigenvalue weighted by atomic mass is 35.5. The first-order valence-corrected chi connectivity index (χ1v) is 10.5. The minimum absolute atomic E-state index is 0. The fourth-order valence-electron chi connectivity index (χ4n) is 2.96. The van der Waals surface area contributed by atoms with Gasteiger partial charge in [0.2, 0.25) is 0 Å². The minimum Gasteiger partial charge on any atom is -0.493 e. The van der Waals surface area contributed by atoms with Gasteiger partial charge in [0.25, 0.3) is 0 Å². The molecule has 0 spiro atoms. The number of ether oxygens (including phenoxy) is 2. The van der Waals surface area contributed by atoms with Crippen molar-refractivity contribution in [3.8, 4) is 11.5 Å². The zero-order valence-electron chi connectivity index (χ0n) is 16.8. The molecule has 0 amide bonds. The van der Waals surface area contributed by atoms with Crippen molar-refractivity contribution in [2.75, 3.05) is 13.7 Å². The number of halogens is 5. The fourth-order valence-corrected chi connectivity index (χ4v) is 3.75. The van der Waals surface area contributed by atoms with Crippen molar-refractivity contribution < 1.29 is 13.9 Å². The first kappa shape index (κ1) is 25.6. The Balaban J connectivity index is 0.00000341. The van der Waals surface area contributed by atoms with Gasteiger partial charge in [0, 0.05) is 22.2 Å². The average Bonchev–Trinajstić information content (AvgIpc) is 2.72. The summed E-state index contributed by atoms with van der Waals surface area (Å²) >= 11 is 18.5. The summed E-state index contributed by atoms with van der Waals surface area (Å²) in [7, 11) is 1.54. The molecule has 0 heterocycles. The van der Waals surface area contributed by atoms with Crippen LogP contribution in [-0.2, 0) is 19.6 Å². The maximum absolute atomic E-state index is 13.8. The van der Waals surface area contributed by atoms with E-state index in [9.17, 15) is 4.39 Å². The number of benzene rings is 3. The number of hydrogen-bond acceptors (Lipinski definition) is 3. The Morgan fingerprint density at radius 1 is 0.935 bits per heavy atom. The quantitative estimate of drug-likeness (QED) is 0.314. The summed E-state index contributed by atoms with van der Waals surface area (Å²) in [4.78, 5) is 0. The molecule has 3 aromatic carbocycles. The first-order valence-electron chi connectivity index (χ1n) is 9.35. The highest BCUT2D eigenvalue weighted by molar-refractivity contribution is 6.35. The van der Waals surface area contributed by atoms with E-state index in [4.69, 9.17) is 44.3 Å². The maximum atomic E-state index is 13.8. The van der Waals surface area contributed by atoms with E-state index in [-0.39, 0.29) is 24.8 Å². The van der Waals surface area contributed by atoms with Crippen molar-refractivity contribution in [1.29, 1.82) is 0 Å². The molecule has 0 bridgehead atoms. The summed E-state index contributed by atoms with van der Waals surface area (Å²) in [5.41, 5.74) is 2.42. The van der Waals surface area contributed by atoms with Crippen LogP contribution in [0.1, 0.15) is 16.7 Å². The van der Waals surface area contributed by atoms with Gasteiger partial charge in [-0.3, -0.25) is 0 Å². The van der Waals surface area contributed by atoms with Crippen LogP contribution in [0.2, 0.25) is 15.1 Å². The van der Waals surface area contributed by atoms with Crippen LogP contribution < -0.4 is 14.8 Å². The van der Waals surface area contributed by atoms with Crippen LogP contribution in [0.4, 0.5) is 4.39 Å². The Kier molecular flexibility index (Phi) is 10.2. The van der Waals surface area contributed by atoms with E-state index in [2.05, 4.69) is 5.32 Å². The third kappa shape index (κ3) is 7.16. The number of hydrogen-bond donors (Lipinski definition) is 1. The first-order chi connectivity index (χ1) is 14.5. The Morgan fingerprint density at radius 2 is 1.71 bits per heavy atom. The van der Waals surface area contributed by atoms with E-state index in [1.165, 1.54) is 6.07 Å². The molecule has 166 valence electrons. The Morgan fingerprint density at radius 3 is 2.42 bits per heavy atom. The van der Waals surface area contributed by atoms with E-state index >= 15 is 0 Å². The molecular weight excluding hydrogens is 483 g/mol. The summed E-state index contributed by atoms with van der Waals surface area (Å²) in [5, 5.41) is 5.04. The lowest BCUT2D eigenvalue weighted by Gasteiger charge is -2.15. The van der Waals surface area contributed by atoms with Crippen LogP contribution in [0.25, 0.3) is 0 Å². The van der Waals surface area contributed by atoms with Crippen LogP contribution in [0.3, 0.4) is 0 Å². The maximum Gasteiger partial charge on any atom is 0.180 e. The zero-order valence-corrected chi connectivity index (χ0v) is 19.8. The second-order valence-electron chi connectivity index (χ2n) is 6.65. The lowest BCUT2D eigenvalue weighted by Crippen LogP contribution is -2.17. The van der Waals surface area contributed by atoms with Crippen LogP contribution >= 0.6 is 47.2 Å². The predicted molar refractivity (Wildman–Crippen MR) is 128 cm³/mol. The van der Waals surface area contributed by atoms with Crippen molar-refractivity contribution >= 4 is 47.2 Å². The van der Waals surface area contributed by atoms with E-state index in [1.807, 2.05) is 24.3 Å². The molecule has 31 heavy (non-hydrogen) atoms. The summed E-state index contributed by atoms with van der Waals surface area (Å²) in [6.45, 7) is 1.38. The molecule has 0 fully saturated rings.